The molecule has 0 aliphatic carbocycles. The lowest BCUT2D eigenvalue weighted by Crippen LogP contribution is -2.30. The summed E-state index contributed by atoms with van der Waals surface area (Å²) in [5.74, 6) is -0.281. The molecule has 1 atom stereocenters. The SMILES string of the molecule is CCc1cc(C(=O)N[C@H](CO)c2ccccc2)cc(Cl)n1. The van der Waals surface area contributed by atoms with Gasteiger partial charge in [0, 0.05) is 11.3 Å². The Morgan fingerprint density at radius 2 is 2.05 bits per heavy atom. The normalized spacial score (nSPS) is 12.0. The first-order chi connectivity index (χ1) is 10.1. The summed E-state index contributed by atoms with van der Waals surface area (Å²) in [5.41, 5.74) is 2.05. The van der Waals surface area contributed by atoms with E-state index in [1.807, 2.05) is 37.3 Å². The van der Waals surface area contributed by atoms with Crippen LogP contribution in [0.1, 0.15) is 34.6 Å². The summed E-state index contributed by atoms with van der Waals surface area (Å²) in [6, 6.07) is 12.1. The number of benzene rings is 1. The van der Waals surface area contributed by atoms with Crippen LogP contribution in [-0.4, -0.2) is 22.6 Å². The third-order valence-electron chi connectivity index (χ3n) is 3.16. The second kappa shape index (κ2) is 7.20. The zero-order valence-electron chi connectivity index (χ0n) is 11.7. The first kappa shape index (κ1) is 15.5. The number of aryl methyl sites for hydroxylation is 1. The monoisotopic (exact) mass is 304 g/mol. The third-order valence-corrected chi connectivity index (χ3v) is 3.36. The van der Waals surface area contributed by atoms with Crippen LogP contribution < -0.4 is 5.32 Å². The number of amides is 1. The van der Waals surface area contributed by atoms with Crippen molar-refractivity contribution >= 4 is 17.5 Å². The molecule has 1 heterocycles. The number of carbonyl (C=O) groups excluding carboxylic acids is 1. The number of rotatable bonds is 5. The van der Waals surface area contributed by atoms with E-state index in [1.165, 1.54) is 6.07 Å². The molecule has 0 aliphatic rings. The number of hydrogen-bond donors (Lipinski definition) is 2. The fourth-order valence-corrected chi connectivity index (χ4v) is 2.25. The van der Waals surface area contributed by atoms with Gasteiger partial charge in [0.25, 0.3) is 5.91 Å². The summed E-state index contributed by atoms with van der Waals surface area (Å²) < 4.78 is 0. The van der Waals surface area contributed by atoms with Gasteiger partial charge in [0.2, 0.25) is 0 Å². The molecule has 1 aromatic heterocycles. The number of halogens is 1. The highest BCUT2D eigenvalue weighted by atomic mass is 35.5. The van der Waals surface area contributed by atoms with Crippen molar-refractivity contribution in [1.82, 2.24) is 10.3 Å². The number of carbonyl (C=O) groups is 1. The van der Waals surface area contributed by atoms with E-state index in [0.29, 0.717) is 17.1 Å². The minimum absolute atomic E-state index is 0.171. The second-order valence-electron chi connectivity index (χ2n) is 4.64. The van der Waals surface area contributed by atoms with Crippen LogP contribution in [0.25, 0.3) is 0 Å². The molecule has 5 heteroatoms. The molecule has 2 N–H and O–H groups in total. The van der Waals surface area contributed by atoms with Crippen LogP contribution in [0.5, 0.6) is 0 Å². The summed E-state index contributed by atoms with van der Waals surface area (Å²) >= 11 is 5.92. The van der Waals surface area contributed by atoms with Crippen LogP contribution in [0.3, 0.4) is 0 Å². The topological polar surface area (TPSA) is 62.2 Å². The highest BCUT2D eigenvalue weighted by Crippen LogP contribution is 2.15. The number of hydrogen-bond acceptors (Lipinski definition) is 3. The minimum Gasteiger partial charge on any atom is -0.394 e. The summed E-state index contributed by atoms with van der Waals surface area (Å²) in [7, 11) is 0. The Kier molecular flexibility index (Phi) is 5.31. The van der Waals surface area contributed by atoms with E-state index < -0.39 is 6.04 Å². The van der Waals surface area contributed by atoms with Crippen LogP contribution in [0.2, 0.25) is 5.15 Å². The van der Waals surface area contributed by atoms with Crippen LogP contribution >= 0.6 is 11.6 Å². The van der Waals surface area contributed by atoms with E-state index in [4.69, 9.17) is 11.6 Å². The van der Waals surface area contributed by atoms with Crippen molar-refractivity contribution in [2.24, 2.45) is 0 Å². The third kappa shape index (κ3) is 4.03. The van der Waals surface area contributed by atoms with Gasteiger partial charge in [0.1, 0.15) is 5.15 Å². The van der Waals surface area contributed by atoms with E-state index in [1.54, 1.807) is 6.07 Å². The predicted molar refractivity (Wildman–Crippen MR) is 82.4 cm³/mol. The Morgan fingerprint density at radius 3 is 2.67 bits per heavy atom. The van der Waals surface area contributed by atoms with Crippen LogP contribution in [0, 0.1) is 0 Å². The van der Waals surface area contributed by atoms with Gasteiger partial charge in [-0.25, -0.2) is 4.98 Å². The standard InChI is InChI=1S/C16H17ClN2O2/c1-2-13-8-12(9-15(17)18-13)16(21)19-14(10-20)11-6-4-3-5-7-11/h3-9,14,20H,2,10H2,1H3,(H,19,21)/t14-/m1/s1. The average molecular weight is 305 g/mol. The summed E-state index contributed by atoms with van der Waals surface area (Å²) in [6.45, 7) is 1.77. The highest BCUT2D eigenvalue weighted by Gasteiger charge is 2.15. The van der Waals surface area contributed by atoms with Crippen molar-refractivity contribution in [1.29, 1.82) is 0 Å². The van der Waals surface area contributed by atoms with Crippen molar-refractivity contribution in [3.05, 3.63) is 64.4 Å². The Labute approximate surface area is 128 Å². The average Bonchev–Trinajstić information content (AvgIpc) is 2.52. The smallest absolute Gasteiger partial charge is 0.252 e. The zero-order valence-corrected chi connectivity index (χ0v) is 12.5. The quantitative estimate of drug-likeness (QED) is 0.835. The van der Waals surface area contributed by atoms with Gasteiger partial charge < -0.3 is 10.4 Å². The van der Waals surface area contributed by atoms with Crippen LogP contribution in [0.15, 0.2) is 42.5 Å². The first-order valence-electron chi connectivity index (χ1n) is 6.77. The number of aromatic nitrogens is 1. The van der Waals surface area contributed by atoms with Gasteiger partial charge in [-0.15, -0.1) is 0 Å². The molecule has 1 amide bonds. The van der Waals surface area contributed by atoms with Gasteiger partial charge in [0.15, 0.2) is 0 Å². The molecule has 2 rings (SSSR count). The molecule has 2 aromatic rings. The van der Waals surface area contributed by atoms with Crippen molar-refractivity contribution < 1.29 is 9.90 Å². The molecular weight excluding hydrogens is 288 g/mol. The lowest BCUT2D eigenvalue weighted by atomic mass is 10.1. The molecule has 4 nitrogen and oxygen atoms in total. The fourth-order valence-electron chi connectivity index (χ4n) is 2.02. The first-order valence-corrected chi connectivity index (χ1v) is 7.15. The maximum Gasteiger partial charge on any atom is 0.252 e. The van der Waals surface area contributed by atoms with Gasteiger partial charge in [-0.1, -0.05) is 48.9 Å². The fraction of sp³-hybridized carbons (Fsp3) is 0.250. The maximum atomic E-state index is 12.3. The molecular formula is C16H17ClN2O2. The van der Waals surface area contributed by atoms with Crippen molar-refractivity contribution in [3.8, 4) is 0 Å². The molecule has 0 radical (unpaired) electrons. The minimum atomic E-state index is -0.448. The Morgan fingerprint density at radius 1 is 1.33 bits per heavy atom. The molecule has 0 unspecified atom stereocenters. The predicted octanol–water partition coefficient (Wildman–Crippen LogP) is 2.76. The van der Waals surface area contributed by atoms with Crippen molar-refractivity contribution in [2.45, 2.75) is 19.4 Å². The molecule has 0 aliphatic heterocycles. The molecule has 0 saturated carbocycles. The number of aliphatic hydroxyl groups excluding tert-OH is 1. The summed E-state index contributed by atoms with van der Waals surface area (Å²) in [6.07, 6.45) is 0.697. The molecule has 0 bridgehead atoms. The lowest BCUT2D eigenvalue weighted by molar-refractivity contribution is 0.0916. The lowest BCUT2D eigenvalue weighted by Gasteiger charge is -2.17. The van der Waals surface area contributed by atoms with E-state index in [2.05, 4.69) is 10.3 Å². The van der Waals surface area contributed by atoms with E-state index in [0.717, 1.165) is 11.3 Å². The molecule has 110 valence electrons. The Balaban J connectivity index is 2.18. The summed E-state index contributed by atoms with van der Waals surface area (Å²) in [4.78, 5) is 16.4. The maximum absolute atomic E-state index is 12.3. The molecule has 0 fully saturated rings. The zero-order chi connectivity index (χ0) is 15.2. The van der Waals surface area contributed by atoms with Gasteiger partial charge >= 0.3 is 0 Å². The van der Waals surface area contributed by atoms with Crippen LogP contribution in [-0.2, 0) is 6.42 Å². The van der Waals surface area contributed by atoms with E-state index in [-0.39, 0.29) is 12.5 Å². The number of nitrogens with one attached hydrogen (secondary N) is 1. The Bertz CT molecular complexity index is 617. The van der Waals surface area contributed by atoms with E-state index in [9.17, 15) is 9.90 Å². The molecule has 1 aromatic carbocycles. The molecule has 21 heavy (non-hydrogen) atoms. The van der Waals surface area contributed by atoms with Gasteiger partial charge in [-0.2, -0.15) is 0 Å². The highest BCUT2D eigenvalue weighted by molar-refractivity contribution is 6.29. The van der Waals surface area contributed by atoms with Gasteiger partial charge in [0.05, 0.1) is 12.6 Å². The largest absolute Gasteiger partial charge is 0.394 e. The van der Waals surface area contributed by atoms with Crippen LogP contribution in [0.4, 0.5) is 0 Å². The molecule has 0 spiro atoms. The number of nitrogens with zero attached hydrogens (tertiary/aromatic N) is 1. The van der Waals surface area contributed by atoms with Crippen molar-refractivity contribution in [2.75, 3.05) is 6.61 Å². The molecule has 0 saturated heterocycles. The number of pyridine rings is 1. The summed E-state index contributed by atoms with van der Waals surface area (Å²) in [5, 5.41) is 12.6. The van der Waals surface area contributed by atoms with Gasteiger partial charge in [-0.3, -0.25) is 4.79 Å². The number of aliphatic hydroxyl groups is 1. The van der Waals surface area contributed by atoms with Crippen molar-refractivity contribution in [3.63, 3.8) is 0 Å². The van der Waals surface area contributed by atoms with Gasteiger partial charge in [-0.05, 0) is 24.1 Å². The second-order valence-corrected chi connectivity index (χ2v) is 5.03. The van der Waals surface area contributed by atoms with E-state index >= 15 is 0 Å². The Hall–Kier alpha value is -1.91.